The van der Waals surface area contributed by atoms with Crippen LogP contribution in [0.2, 0.25) is 0 Å². The standard InChI is InChI=1S/C13H18F3NO3S/c1-2-3-8-17(9-10-18)21(19,20)12-7-5-4-6-11(12)13(14,15)16/h4-7,18H,2-3,8-10H2,1H3. The lowest BCUT2D eigenvalue weighted by atomic mass is 10.2. The number of sulfonamides is 1. The molecule has 0 heterocycles. The number of halogens is 3. The first-order valence-corrected chi connectivity index (χ1v) is 7.96. The number of aliphatic hydroxyl groups is 1. The van der Waals surface area contributed by atoms with Gasteiger partial charge in [-0.25, -0.2) is 8.42 Å². The first-order chi connectivity index (χ1) is 9.75. The number of hydrogen-bond donors (Lipinski definition) is 1. The monoisotopic (exact) mass is 325 g/mol. The smallest absolute Gasteiger partial charge is 0.395 e. The predicted octanol–water partition coefficient (Wildman–Crippen LogP) is 2.49. The van der Waals surface area contributed by atoms with Crippen LogP contribution in [0.4, 0.5) is 13.2 Å². The SMILES string of the molecule is CCCCN(CCO)S(=O)(=O)c1ccccc1C(F)(F)F. The molecule has 0 amide bonds. The molecule has 1 aromatic rings. The van der Waals surface area contributed by atoms with Crippen molar-refractivity contribution in [2.24, 2.45) is 0 Å². The summed E-state index contributed by atoms with van der Waals surface area (Å²) in [5, 5.41) is 8.95. The maximum atomic E-state index is 12.9. The fraction of sp³-hybridized carbons (Fsp3) is 0.538. The quantitative estimate of drug-likeness (QED) is 0.838. The third kappa shape index (κ3) is 4.42. The van der Waals surface area contributed by atoms with E-state index in [9.17, 15) is 21.6 Å². The summed E-state index contributed by atoms with van der Waals surface area (Å²) in [4.78, 5) is -0.776. The molecule has 8 heteroatoms. The van der Waals surface area contributed by atoms with Crippen molar-refractivity contribution in [3.05, 3.63) is 29.8 Å². The molecule has 0 aliphatic heterocycles. The average Bonchev–Trinajstić information content (AvgIpc) is 2.42. The Labute approximate surface area is 122 Å². The number of alkyl halides is 3. The minimum atomic E-state index is -4.75. The van der Waals surface area contributed by atoms with Crippen LogP contribution < -0.4 is 0 Å². The van der Waals surface area contributed by atoms with Crippen LogP contribution >= 0.6 is 0 Å². The van der Waals surface area contributed by atoms with Gasteiger partial charge in [0, 0.05) is 13.1 Å². The molecular formula is C13H18F3NO3S. The molecule has 0 saturated carbocycles. The number of hydrogen-bond acceptors (Lipinski definition) is 3. The van der Waals surface area contributed by atoms with Gasteiger partial charge in [-0.2, -0.15) is 17.5 Å². The highest BCUT2D eigenvalue weighted by atomic mass is 32.2. The zero-order valence-corrected chi connectivity index (χ0v) is 12.4. The van der Waals surface area contributed by atoms with Gasteiger partial charge in [0.25, 0.3) is 0 Å². The highest BCUT2D eigenvalue weighted by Crippen LogP contribution is 2.35. The highest BCUT2D eigenvalue weighted by Gasteiger charge is 2.38. The Kier molecular flexibility index (Phi) is 6.18. The molecule has 0 aliphatic rings. The van der Waals surface area contributed by atoms with Gasteiger partial charge in [-0.15, -0.1) is 0 Å². The fourth-order valence-corrected chi connectivity index (χ4v) is 3.54. The van der Waals surface area contributed by atoms with Gasteiger partial charge in [-0.05, 0) is 18.6 Å². The molecule has 1 N–H and O–H groups in total. The second-order valence-electron chi connectivity index (χ2n) is 4.48. The number of aliphatic hydroxyl groups excluding tert-OH is 1. The first kappa shape index (κ1) is 17.9. The lowest BCUT2D eigenvalue weighted by Gasteiger charge is -2.23. The largest absolute Gasteiger partial charge is 0.417 e. The molecular weight excluding hydrogens is 307 g/mol. The average molecular weight is 325 g/mol. The molecule has 0 unspecified atom stereocenters. The van der Waals surface area contributed by atoms with Crippen molar-refractivity contribution in [3.8, 4) is 0 Å². The Hall–Kier alpha value is -1.12. The lowest BCUT2D eigenvalue weighted by Crippen LogP contribution is -2.35. The van der Waals surface area contributed by atoms with E-state index in [1.165, 1.54) is 6.07 Å². The maximum Gasteiger partial charge on any atom is 0.417 e. The van der Waals surface area contributed by atoms with Crippen molar-refractivity contribution >= 4 is 10.0 Å². The van der Waals surface area contributed by atoms with Crippen LogP contribution in [-0.2, 0) is 16.2 Å². The van der Waals surface area contributed by atoms with Gasteiger partial charge >= 0.3 is 6.18 Å². The van der Waals surface area contributed by atoms with Crippen LogP contribution in [0.3, 0.4) is 0 Å². The molecule has 0 atom stereocenters. The third-order valence-electron chi connectivity index (χ3n) is 2.92. The minimum absolute atomic E-state index is 0.0750. The summed E-state index contributed by atoms with van der Waals surface area (Å²) >= 11 is 0. The van der Waals surface area contributed by atoms with Gasteiger partial charge in [-0.1, -0.05) is 25.5 Å². The van der Waals surface area contributed by atoms with E-state index in [-0.39, 0.29) is 13.1 Å². The van der Waals surface area contributed by atoms with Gasteiger partial charge in [0.1, 0.15) is 0 Å². The summed E-state index contributed by atoms with van der Waals surface area (Å²) in [7, 11) is -4.30. The second-order valence-corrected chi connectivity index (χ2v) is 6.38. The summed E-state index contributed by atoms with van der Waals surface area (Å²) in [6.07, 6.45) is -3.55. The van der Waals surface area contributed by atoms with E-state index in [1.54, 1.807) is 0 Å². The number of unbranched alkanes of at least 4 members (excludes halogenated alkanes) is 1. The van der Waals surface area contributed by atoms with Crippen LogP contribution in [-0.4, -0.2) is 37.5 Å². The van der Waals surface area contributed by atoms with E-state index in [1.807, 2.05) is 6.92 Å². The van der Waals surface area contributed by atoms with Crippen LogP contribution in [0.25, 0.3) is 0 Å². The van der Waals surface area contributed by atoms with E-state index in [2.05, 4.69) is 0 Å². The topological polar surface area (TPSA) is 57.6 Å². The van der Waals surface area contributed by atoms with E-state index < -0.39 is 33.3 Å². The maximum absolute atomic E-state index is 12.9. The summed E-state index contributed by atoms with van der Waals surface area (Å²) < 4.78 is 64.6. The zero-order valence-electron chi connectivity index (χ0n) is 11.6. The third-order valence-corrected chi connectivity index (χ3v) is 4.88. The predicted molar refractivity (Wildman–Crippen MR) is 72.2 cm³/mol. The van der Waals surface area contributed by atoms with Gasteiger partial charge in [-0.3, -0.25) is 0 Å². The molecule has 0 aromatic heterocycles. The van der Waals surface area contributed by atoms with Crippen LogP contribution in [0, 0.1) is 0 Å². The molecule has 0 spiro atoms. The number of rotatable bonds is 7. The number of benzene rings is 1. The van der Waals surface area contributed by atoms with E-state index in [0.717, 1.165) is 22.5 Å². The molecule has 21 heavy (non-hydrogen) atoms. The Morgan fingerprint density at radius 3 is 2.33 bits per heavy atom. The molecule has 0 aliphatic carbocycles. The van der Waals surface area contributed by atoms with Crippen molar-refractivity contribution in [1.29, 1.82) is 0 Å². The summed E-state index contributed by atoms with van der Waals surface area (Å²) in [6.45, 7) is 1.24. The molecule has 0 fully saturated rings. The van der Waals surface area contributed by atoms with Crippen molar-refractivity contribution in [3.63, 3.8) is 0 Å². The highest BCUT2D eigenvalue weighted by molar-refractivity contribution is 7.89. The molecule has 1 aromatic carbocycles. The van der Waals surface area contributed by atoms with Gasteiger partial charge < -0.3 is 5.11 Å². The normalized spacial score (nSPS) is 12.9. The van der Waals surface area contributed by atoms with E-state index in [0.29, 0.717) is 12.8 Å². The lowest BCUT2D eigenvalue weighted by molar-refractivity contribution is -0.139. The van der Waals surface area contributed by atoms with Gasteiger partial charge in [0.05, 0.1) is 17.1 Å². The molecule has 0 radical (unpaired) electrons. The fourth-order valence-electron chi connectivity index (χ4n) is 1.86. The Bertz CT molecular complexity index is 558. The molecule has 4 nitrogen and oxygen atoms in total. The molecule has 0 saturated heterocycles. The van der Waals surface area contributed by atoms with Crippen molar-refractivity contribution < 1.29 is 26.7 Å². The molecule has 0 bridgehead atoms. The van der Waals surface area contributed by atoms with E-state index >= 15 is 0 Å². The van der Waals surface area contributed by atoms with Crippen molar-refractivity contribution in [1.82, 2.24) is 4.31 Å². The summed E-state index contributed by atoms with van der Waals surface area (Å²) in [6, 6.07) is 4.07. The van der Waals surface area contributed by atoms with Crippen molar-refractivity contribution in [2.45, 2.75) is 30.8 Å². The number of nitrogens with zero attached hydrogens (tertiary/aromatic N) is 1. The second kappa shape index (κ2) is 7.24. The molecule has 120 valence electrons. The molecule has 1 rings (SSSR count). The van der Waals surface area contributed by atoms with E-state index in [4.69, 9.17) is 5.11 Å². The summed E-state index contributed by atoms with van der Waals surface area (Å²) in [5.74, 6) is 0. The Balaban J connectivity index is 3.28. The Morgan fingerprint density at radius 2 is 1.81 bits per heavy atom. The van der Waals surface area contributed by atoms with Gasteiger partial charge in [0.15, 0.2) is 0 Å². The van der Waals surface area contributed by atoms with Gasteiger partial charge in [0.2, 0.25) is 10.0 Å². The Morgan fingerprint density at radius 1 is 1.19 bits per heavy atom. The summed E-state index contributed by atoms with van der Waals surface area (Å²) in [5.41, 5.74) is -1.19. The van der Waals surface area contributed by atoms with Crippen LogP contribution in [0.5, 0.6) is 0 Å². The van der Waals surface area contributed by atoms with Crippen LogP contribution in [0.1, 0.15) is 25.3 Å². The zero-order chi connectivity index (χ0) is 16.1. The van der Waals surface area contributed by atoms with Crippen molar-refractivity contribution in [2.75, 3.05) is 19.7 Å². The minimum Gasteiger partial charge on any atom is -0.395 e. The van der Waals surface area contributed by atoms with Crippen LogP contribution in [0.15, 0.2) is 29.2 Å². The first-order valence-electron chi connectivity index (χ1n) is 6.52.